The van der Waals surface area contributed by atoms with E-state index in [9.17, 15) is 4.79 Å². The van der Waals surface area contributed by atoms with E-state index in [1.165, 1.54) is 5.56 Å². The first-order valence-corrected chi connectivity index (χ1v) is 6.64. The second-order valence-electron chi connectivity index (χ2n) is 4.15. The van der Waals surface area contributed by atoms with E-state index < -0.39 is 0 Å². The lowest BCUT2D eigenvalue weighted by Gasteiger charge is -2.03. The Labute approximate surface area is 116 Å². The number of nitrogens with one attached hydrogen (secondary N) is 1. The quantitative estimate of drug-likeness (QED) is 0.856. The number of rotatable bonds is 5. The van der Waals surface area contributed by atoms with Crippen molar-refractivity contribution in [1.29, 1.82) is 0 Å². The van der Waals surface area contributed by atoms with E-state index in [1.54, 1.807) is 6.07 Å². The molecular weight excluding hydrogens is 264 g/mol. The largest absolute Gasteiger partial charge is 0.359 e. The Morgan fingerprint density at radius 1 is 1.37 bits per heavy atom. The molecule has 0 aliphatic carbocycles. The Balaban J connectivity index is 1.93. The van der Waals surface area contributed by atoms with E-state index in [0.717, 1.165) is 6.42 Å². The van der Waals surface area contributed by atoms with Gasteiger partial charge >= 0.3 is 0 Å². The molecule has 0 atom stereocenters. The summed E-state index contributed by atoms with van der Waals surface area (Å²) in [5, 5.41) is 6.52. The van der Waals surface area contributed by atoms with Crippen LogP contribution in [-0.4, -0.2) is 11.1 Å². The second kappa shape index (κ2) is 6.38. The Kier molecular flexibility index (Phi) is 4.58. The first-order valence-electron chi connectivity index (χ1n) is 6.10. The number of benzene rings is 1. The number of aryl methyl sites for hydroxylation is 1. The van der Waals surface area contributed by atoms with Crippen molar-refractivity contribution in [3.8, 4) is 0 Å². The van der Waals surface area contributed by atoms with Crippen molar-refractivity contribution < 1.29 is 9.32 Å². The molecular formula is C14H15ClN2O2. The summed E-state index contributed by atoms with van der Waals surface area (Å²) >= 11 is 5.62. The molecule has 1 aromatic carbocycles. The van der Waals surface area contributed by atoms with Gasteiger partial charge in [-0.15, -0.1) is 11.6 Å². The van der Waals surface area contributed by atoms with Crippen LogP contribution in [0.2, 0.25) is 0 Å². The fourth-order valence-corrected chi connectivity index (χ4v) is 1.79. The van der Waals surface area contributed by atoms with Gasteiger partial charge in [-0.1, -0.05) is 24.2 Å². The number of hydrogen-bond acceptors (Lipinski definition) is 3. The molecule has 1 amide bonds. The zero-order chi connectivity index (χ0) is 13.7. The van der Waals surface area contributed by atoms with Crippen LogP contribution >= 0.6 is 11.6 Å². The number of carbonyl (C=O) groups is 1. The van der Waals surface area contributed by atoms with Gasteiger partial charge in [0.1, 0.15) is 0 Å². The van der Waals surface area contributed by atoms with Crippen molar-refractivity contribution in [2.75, 3.05) is 0 Å². The minimum atomic E-state index is -0.133. The summed E-state index contributed by atoms with van der Waals surface area (Å²) in [5.74, 6) is 0.760. The highest BCUT2D eigenvalue weighted by molar-refractivity contribution is 6.16. The van der Waals surface area contributed by atoms with Crippen LogP contribution in [0.5, 0.6) is 0 Å². The third-order valence-corrected chi connectivity index (χ3v) is 3.07. The maximum Gasteiger partial charge on any atom is 0.251 e. The Bertz CT molecular complexity index is 549. The highest BCUT2D eigenvalue weighted by atomic mass is 35.5. The van der Waals surface area contributed by atoms with E-state index in [4.69, 9.17) is 16.1 Å². The molecule has 0 bridgehead atoms. The van der Waals surface area contributed by atoms with Crippen molar-refractivity contribution in [3.63, 3.8) is 0 Å². The van der Waals surface area contributed by atoms with E-state index in [-0.39, 0.29) is 5.91 Å². The van der Waals surface area contributed by atoms with E-state index in [1.807, 2.05) is 24.3 Å². The molecule has 1 aromatic heterocycles. The van der Waals surface area contributed by atoms with E-state index >= 15 is 0 Å². The van der Waals surface area contributed by atoms with Gasteiger partial charge < -0.3 is 9.84 Å². The highest BCUT2D eigenvalue weighted by Crippen LogP contribution is 2.07. The summed E-state index contributed by atoms with van der Waals surface area (Å²) in [6.45, 7) is 2.38. The normalized spacial score (nSPS) is 10.4. The molecule has 2 aromatic rings. The van der Waals surface area contributed by atoms with Crippen molar-refractivity contribution in [2.45, 2.75) is 25.8 Å². The maximum atomic E-state index is 11.9. The summed E-state index contributed by atoms with van der Waals surface area (Å²) in [4.78, 5) is 11.9. The number of nitrogens with zero attached hydrogens (tertiary/aromatic N) is 1. The van der Waals surface area contributed by atoms with Crippen LogP contribution in [0, 0.1) is 0 Å². The number of amides is 1. The number of aromatic nitrogens is 1. The topological polar surface area (TPSA) is 55.1 Å². The summed E-state index contributed by atoms with van der Waals surface area (Å²) in [6.07, 6.45) is 0.959. The van der Waals surface area contributed by atoms with Crippen molar-refractivity contribution in [1.82, 2.24) is 10.5 Å². The maximum absolute atomic E-state index is 11.9. The average Bonchev–Trinajstić information content (AvgIpc) is 2.93. The van der Waals surface area contributed by atoms with Crippen LogP contribution < -0.4 is 5.32 Å². The molecule has 19 heavy (non-hydrogen) atoms. The number of carbonyl (C=O) groups excluding carboxylic acids is 1. The van der Waals surface area contributed by atoms with Crippen molar-refractivity contribution in [2.24, 2.45) is 0 Å². The fraction of sp³-hybridized carbons (Fsp3) is 0.286. The minimum absolute atomic E-state index is 0.133. The van der Waals surface area contributed by atoms with E-state index in [2.05, 4.69) is 17.4 Å². The zero-order valence-electron chi connectivity index (χ0n) is 10.6. The second-order valence-corrected chi connectivity index (χ2v) is 4.42. The fourth-order valence-electron chi connectivity index (χ4n) is 1.66. The summed E-state index contributed by atoms with van der Waals surface area (Å²) in [7, 11) is 0. The van der Waals surface area contributed by atoms with Gasteiger partial charge in [0.05, 0.1) is 18.1 Å². The summed E-state index contributed by atoms with van der Waals surface area (Å²) < 4.78 is 5.03. The van der Waals surface area contributed by atoms with Crippen molar-refractivity contribution in [3.05, 3.63) is 52.9 Å². The third-order valence-electron chi connectivity index (χ3n) is 2.79. The molecule has 0 fully saturated rings. The molecule has 1 heterocycles. The van der Waals surface area contributed by atoms with Crippen LogP contribution in [0.3, 0.4) is 0 Å². The molecule has 100 valence electrons. The van der Waals surface area contributed by atoms with Gasteiger partial charge in [-0.05, 0) is 24.1 Å². The molecule has 0 spiro atoms. The summed E-state index contributed by atoms with van der Waals surface area (Å²) in [5.41, 5.74) is 2.51. The average molecular weight is 279 g/mol. The number of alkyl halides is 1. The first-order chi connectivity index (χ1) is 9.22. The molecule has 0 saturated heterocycles. The lowest BCUT2D eigenvalue weighted by molar-refractivity contribution is 0.0947. The van der Waals surface area contributed by atoms with Gasteiger partial charge in [-0.25, -0.2) is 0 Å². The van der Waals surface area contributed by atoms with Gasteiger partial charge in [0, 0.05) is 11.6 Å². The molecule has 0 saturated carbocycles. The Morgan fingerprint density at radius 2 is 2.11 bits per heavy atom. The first kappa shape index (κ1) is 13.6. The van der Waals surface area contributed by atoms with Gasteiger partial charge in [0.2, 0.25) is 0 Å². The van der Waals surface area contributed by atoms with Crippen LogP contribution in [0.25, 0.3) is 0 Å². The van der Waals surface area contributed by atoms with Crippen LogP contribution in [0.4, 0.5) is 0 Å². The lowest BCUT2D eigenvalue weighted by atomic mass is 10.1. The smallest absolute Gasteiger partial charge is 0.251 e. The van der Waals surface area contributed by atoms with Gasteiger partial charge in [-0.3, -0.25) is 4.79 Å². The highest BCUT2D eigenvalue weighted by Gasteiger charge is 2.07. The SMILES string of the molecule is CCc1ccc(C(=O)NCc2cc(CCl)no2)cc1. The monoisotopic (exact) mass is 278 g/mol. The van der Waals surface area contributed by atoms with Crippen LogP contribution in [-0.2, 0) is 18.8 Å². The lowest BCUT2D eigenvalue weighted by Crippen LogP contribution is -2.22. The Hall–Kier alpha value is -1.81. The molecule has 0 aliphatic rings. The number of hydrogen-bond donors (Lipinski definition) is 1. The van der Waals surface area contributed by atoms with Crippen LogP contribution in [0.1, 0.15) is 34.3 Å². The minimum Gasteiger partial charge on any atom is -0.359 e. The predicted molar refractivity (Wildman–Crippen MR) is 73.1 cm³/mol. The van der Waals surface area contributed by atoms with E-state index in [0.29, 0.717) is 29.4 Å². The van der Waals surface area contributed by atoms with Gasteiger partial charge in [-0.2, -0.15) is 0 Å². The van der Waals surface area contributed by atoms with Gasteiger partial charge in [0.15, 0.2) is 5.76 Å². The third kappa shape index (κ3) is 3.58. The molecule has 0 radical (unpaired) electrons. The van der Waals surface area contributed by atoms with Crippen LogP contribution in [0.15, 0.2) is 34.9 Å². The van der Waals surface area contributed by atoms with Crippen molar-refractivity contribution >= 4 is 17.5 Å². The predicted octanol–water partition coefficient (Wildman–Crippen LogP) is 2.91. The molecule has 1 N–H and O–H groups in total. The zero-order valence-corrected chi connectivity index (χ0v) is 11.4. The molecule has 5 heteroatoms. The molecule has 0 unspecified atom stereocenters. The number of halogens is 1. The molecule has 4 nitrogen and oxygen atoms in total. The molecule has 2 rings (SSSR count). The molecule has 0 aliphatic heterocycles. The standard InChI is InChI=1S/C14H15ClN2O2/c1-2-10-3-5-11(6-4-10)14(18)16-9-13-7-12(8-15)17-19-13/h3-7H,2,8-9H2,1H3,(H,16,18). The van der Waals surface area contributed by atoms with Gasteiger partial charge in [0.25, 0.3) is 5.91 Å². The Morgan fingerprint density at radius 3 is 2.68 bits per heavy atom. The summed E-state index contributed by atoms with van der Waals surface area (Å²) in [6, 6.07) is 9.27.